The molecule has 4 rings (SSSR count). The highest BCUT2D eigenvalue weighted by Crippen LogP contribution is 2.32. The van der Waals surface area contributed by atoms with E-state index < -0.39 is 59.7 Å². The molecule has 0 aromatic heterocycles. The summed E-state index contributed by atoms with van der Waals surface area (Å²) in [5.41, 5.74) is -1.45. The van der Waals surface area contributed by atoms with Crippen LogP contribution in [-0.2, 0) is 31.0 Å². The highest BCUT2D eigenvalue weighted by atomic mass is 32.2. The Labute approximate surface area is 261 Å². The zero-order chi connectivity index (χ0) is 33.9. The Kier molecular flexibility index (Phi) is 9.57. The molecule has 0 heterocycles. The summed E-state index contributed by atoms with van der Waals surface area (Å²) >= 11 is 0. The van der Waals surface area contributed by atoms with Gasteiger partial charge in [0.25, 0.3) is 25.7 Å². The number of halogens is 3. The number of hydrogen-bond donors (Lipinski definition) is 2. The first-order chi connectivity index (χ1) is 21.5. The molecule has 4 aromatic rings. The predicted octanol–water partition coefficient (Wildman–Crippen LogP) is 5.57. The second-order valence-electron chi connectivity index (χ2n) is 9.67. The molecule has 4 aromatic carbocycles. The van der Waals surface area contributed by atoms with Crippen molar-refractivity contribution in [2.75, 3.05) is 28.0 Å². The first-order valence-electron chi connectivity index (χ1n) is 13.0. The number of ether oxygens (including phenoxy) is 1. The molecule has 12 nitrogen and oxygen atoms in total. The summed E-state index contributed by atoms with van der Waals surface area (Å²) in [6, 6.07) is 17.2. The number of anilines is 3. The number of nitro benzene ring substituents is 1. The fourth-order valence-electron chi connectivity index (χ4n) is 4.16. The second-order valence-corrected chi connectivity index (χ2v) is 13.2. The van der Waals surface area contributed by atoms with Gasteiger partial charge in [-0.25, -0.2) is 16.8 Å². The molecule has 0 unspecified atom stereocenters. The molecule has 1 amide bonds. The van der Waals surface area contributed by atoms with Crippen LogP contribution in [0.4, 0.5) is 35.9 Å². The van der Waals surface area contributed by atoms with Crippen molar-refractivity contribution in [3.8, 4) is 5.75 Å². The molecule has 0 saturated heterocycles. The van der Waals surface area contributed by atoms with Crippen LogP contribution in [0.2, 0.25) is 0 Å². The van der Waals surface area contributed by atoms with Crippen molar-refractivity contribution in [2.24, 2.45) is 0 Å². The first kappa shape index (κ1) is 33.7. The molecular weight excluding hydrogens is 653 g/mol. The van der Waals surface area contributed by atoms with Gasteiger partial charge in [-0.1, -0.05) is 12.1 Å². The number of alkyl halides is 3. The number of carbonyl (C=O) groups excluding carboxylic acids is 1. The number of hydrogen-bond acceptors (Lipinski definition) is 8. The van der Waals surface area contributed by atoms with Gasteiger partial charge in [0.05, 0.1) is 33.1 Å². The van der Waals surface area contributed by atoms with Gasteiger partial charge in [-0.3, -0.25) is 23.9 Å². The van der Waals surface area contributed by atoms with Gasteiger partial charge in [-0.05, 0) is 79.7 Å². The van der Waals surface area contributed by atoms with Gasteiger partial charge in [0.1, 0.15) is 12.3 Å². The SMILES string of the molecule is COc1ccc(N(CC(=O)Nc2ccc(S(=O)(=O)Nc3cccc(C(F)(F)F)c3)cc2)S(=O)(=O)c2ccc(C)c([N+](=O)[O-])c2)cc1. The third-order valence-electron chi connectivity index (χ3n) is 6.50. The molecule has 0 radical (unpaired) electrons. The number of nitro groups is 1. The fourth-order valence-corrected chi connectivity index (χ4v) is 6.65. The Morgan fingerprint density at radius 3 is 2.11 bits per heavy atom. The van der Waals surface area contributed by atoms with E-state index >= 15 is 0 Å². The highest BCUT2D eigenvalue weighted by Gasteiger charge is 2.31. The van der Waals surface area contributed by atoms with E-state index in [1.165, 1.54) is 62.6 Å². The Morgan fingerprint density at radius 2 is 1.52 bits per heavy atom. The van der Waals surface area contributed by atoms with E-state index in [1.54, 1.807) is 0 Å². The van der Waals surface area contributed by atoms with E-state index in [4.69, 9.17) is 4.74 Å². The molecule has 0 fully saturated rings. The van der Waals surface area contributed by atoms with Crippen LogP contribution in [0, 0.1) is 17.0 Å². The zero-order valence-corrected chi connectivity index (χ0v) is 25.6. The Bertz CT molecular complexity index is 1990. The van der Waals surface area contributed by atoms with Crippen LogP contribution in [-0.4, -0.2) is 41.3 Å². The van der Waals surface area contributed by atoms with Crippen molar-refractivity contribution in [3.05, 3.63) is 112 Å². The minimum absolute atomic E-state index is 0.0429. The van der Waals surface area contributed by atoms with Gasteiger partial charge < -0.3 is 10.1 Å². The third kappa shape index (κ3) is 7.73. The Morgan fingerprint density at radius 1 is 0.891 bits per heavy atom. The number of sulfonamides is 2. The summed E-state index contributed by atoms with van der Waals surface area (Å²) in [5, 5.41) is 13.9. The average Bonchev–Trinajstić information content (AvgIpc) is 2.99. The third-order valence-corrected chi connectivity index (χ3v) is 9.67. The predicted molar refractivity (Wildman–Crippen MR) is 163 cm³/mol. The molecule has 0 aliphatic rings. The van der Waals surface area contributed by atoms with Gasteiger partial charge in [0.15, 0.2) is 0 Å². The van der Waals surface area contributed by atoms with Crippen molar-refractivity contribution >= 4 is 48.7 Å². The fraction of sp³-hybridized carbons (Fsp3) is 0.138. The maximum Gasteiger partial charge on any atom is 0.416 e. The minimum Gasteiger partial charge on any atom is -0.497 e. The van der Waals surface area contributed by atoms with Crippen LogP contribution in [0.5, 0.6) is 5.75 Å². The molecule has 0 bridgehead atoms. The van der Waals surface area contributed by atoms with Crippen LogP contribution in [0.3, 0.4) is 0 Å². The van der Waals surface area contributed by atoms with Crippen molar-refractivity contribution < 1.29 is 44.5 Å². The van der Waals surface area contributed by atoms with Gasteiger partial charge >= 0.3 is 6.18 Å². The van der Waals surface area contributed by atoms with Gasteiger partial charge in [-0.15, -0.1) is 0 Å². The van der Waals surface area contributed by atoms with Gasteiger partial charge in [-0.2, -0.15) is 13.2 Å². The number of benzene rings is 4. The summed E-state index contributed by atoms with van der Waals surface area (Å²) < 4.78 is 99.9. The van der Waals surface area contributed by atoms with Crippen LogP contribution in [0.1, 0.15) is 11.1 Å². The molecule has 2 N–H and O–H groups in total. The minimum atomic E-state index is -4.68. The average molecular weight is 679 g/mol. The standard InChI is InChI=1S/C29H25F3N4O8S2/c1-19-6-13-26(17-27(19)36(38)39)46(42,43)35(23-9-11-24(44-2)12-10-23)18-28(37)33-21-7-14-25(15-8-21)45(40,41)34-22-5-3-4-20(16-22)29(30,31)32/h3-17,34H,18H2,1-2H3,(H,33,37). The molecule has 0 aliphatic heterocycles. The Hall–Kier alpha value is -5.16. The van der Waals surface area contributed by atoms with Crippen molar-refractivity contribution in [1.29, 1.82) is 0 Å². The zero-order valence-electron chi connectivity index (χ0n) is 24.0. The smallest absolute Gasteiger partial charge is 0.416 e. The first-order valence-corrected chi connectivity index (χ1v) is 16.0. The lowest BCUT2D eigenvalue weighted by molar-refractivity contribution is -0.385. The molecule has 17 heteroatoms. The van der Waals surface area contributed by atoms with Crippen molar-refractivity contribution in [2.45, 2.75) is 22.9 Å². The number of aryl methyl sites for hydroxylation is 1. The number of carbonyl (C=O) groups is 1. The van der Waals surface area contributed by atoms with E-state index in [9.17, 15) is 44.9 Å². The Balaban J connectivity index is 1.56. The summed E-state index contributed by atoms with van der Waals surface area (Å²) in [7, 11) is -7.45. The van der Waals surface area contributed by atoms with E-state index in [2.05, 4.69) is 10.0 Å². The van der Waals surface area contributed by atoms with Gasteiger partial charge in [0.2, 0.25) is 5.91 Å². The monoisotopic (exact) mass is 678 g/mol. The molecule has 0 spiro atoms. The number of methoxy groups -OCH3 is 1. The van der Waals surface area contributed by atoms with Gasteiger partial charge in [0, 0.05) is 23.0 Å². The molecule has 0 atom stereocenters. The lowest BCUT2D eigenvalue weighted by Crippen LogP contribution is -2.38. The normalized spacial score (nSPS) is 11.8. The summed E-state index contributed by atoms with van der Waals surface area (Å²) in [5.74, 6) is -0.451. The largest absolute Gasteiger partial charge is 0.497 e. The lowest BCUT2D eigenvalue weighted by Gasteiger charge is -2.24. The topological polar surface area (TPSA) is 165 Å². The molecule has 46 heavy (non-hydrogen) atoms. The van der Waals surface area contributed by atoms with Crippen LogP contribution in [0.25, 0.3) is 0 Å². The maximum atomic E-state index is 13.7. The molecule has 0 saturated carbocycles. The summed E-state index contributed by atoms with van der Waals surface area (Å²) in [6.07, 6.45) is -4.68. The molecule has 0 aliphatic carbocycles. The van der Waals surface area contributed by atoms with Crippen molar-refractivity contribution in [1.82, 2.24) is 0 Å². The number of nitrogens with zero attached hydrogens (tertiary/aromatic N) is 2. The van der Waals surface area contributed by atoms with Crippen LogP contribution in [0.15, 0.2) is 101 Å². The summed E-state index contributed by atoms with van der Waals surface area (Å²) in [4.78, 5) is 23.1. The van der Waals surface area contributed by atoms with Crippen LogP contribution >= 0.6 is 0 Å². The second kappa shape index (κ2) is 13.1. The molecular formula is C29H25F3N4O8S2. The highest BCUT2D eigenvalue weighted by molar-refractivity contribution is 7.93. The maximum absolute atomic E-state index is 13.7. The number of rotatable bonds is 11. The van der Waals surface area contributed by atoms with Crippen LogP contribution < -0.4 is 19.1 Å². The summed E-state index contributed by atoms with van der Waals surface area (Å²) in [6.45, 7) is 0.661. The number of nitrogens with one attached hydrogen (secondary N) is 2. The lowest BCUT2D eigenvalue weighted by atomic mass is 10.2. The quantitative estimate of drug-likeness (QED) is 0.154. The van der Waals surface area contributed by atoms with Crippen molar-refractivity contribution in [3.63, 3.8) is 0 Å². The van der Waals surface area contributed by atoms with E-state index in [1.807, 2.05) is 0 Å². The van der Waals surface area contributed by atoms with E-state index in [0.717, 1.165) is 40.7 Å². The molecule has 242 valence electrons. The number of amides is 1. The van der Waals surface area contributed by atoms with E-state index in [-0.39, 0.29) is 27.5 Å². The van der Waals surface area contributed by atoms with E-state index in [0.29, 0.717) is 11.8 Å².